The van der Waals surface area contributed by atoms with Gasteiger partial charge in [0.1, 0.15) is 0 Å². The van der Waals surface area contributed by atoms with Gasteiger partial charge in [0, 0.05) is 0 Å². The molecule has 1 unspecified atom stereocenters. The topological polar surface area (TPSA) is 0 Å². The molecule has 0 amide bonds. The smallest absolute Gasteiger partial charge is 1.00 e. The predicted octanol–water partition coefficient (Wildman–Crippen LogP) is 7.20. The number of allylic oxidation sites excluding steroid dienone is 4. The second-order valence-corrected chi connectivity index (χ2v) is 14.2. The number of halogens is 8. The zero-order valence-electron chi connectivity index (χ0n) is 29.2. The van der Waals surface area contributed by atoms with E-state index in [2.05, 4.69) is 102 Å². The third-order valence-corrected chi connectivity index (χ3v) is 9.79. The van der Waals surface area contributed by atoms with E-state index in [-0.39, 0.29) is 24.8 Å². The predicted molar refractivity (Wildman–Crippen MR) is 192 cm³/mol. The standard InChI is InChI=1S/C17H13.C15H8F6.C11H17.2ClH.Zr/c1-3-12-5-7-14-11-15-8-6-13(4-2)10-17(15)16(14)9-12;16-14(17,18)12-5-1-10(2-6-12)9-11-3-7-13(8-4-11)15(19,20)21;1-5-9-6-7-10(8-9)11(2,3)4;;;/h3-11H,1-2H2;1-8H;7-9H,5H2,1-4H3;2*1H;/q-1;;-1;;;+2/p-2. The van der Waals surface area contributed by atoms with E-state index in [1.807, 2.05) is 12.2 Å². The quantitative estimate of drug-likeness (QED) is 0.130. The minimum atomic E-state index is -4.41. The van der Waals surface area contributed by atoms with Gasteiger partial charge in [0.05, 0.1) is 0 Å². The second kappa shape index (κ2) is 18.6. The monoisotopic (exact) mass is 828 g/mol. The largest absolute Gasteiger partial charge is 1.00 e. The van der Waals surface area contributed by atoms with E-state index in [0.29, 0.717) is 25.7 Å². The van der Waals surface area contributed by atoms with Gasteiger partial charge in [-0.25, -0.2) is 6.08 Å². The molecule has 0 saturated heterocycles. The summed E-state index contributed by atoms with van der Waals surface area (Å²) in [6, 6.07) is 24.3. The summed E-state index contributed by atoms with van der Waals surface area (Å²) in [5, 5.41) is 5.15. The molecular weight excluding hydrogens is 793 g/mol. The fourth-order valence-corrected chi connectivity index (χ4v) is 6.14. The van der Waals surface area contributed by atoms with Crippen LogP contribution in [0.1, 0.15) is 67.5 Å². The molecule has 0 bridgehead atoms. The average molecular weight is 831 g/mol. The first-order valence-corrected chi connectivity index (χ1v) is 17.3. The van der Waals surface area contributed by atoms with Crippen molar-refractivity contribution in [2.45, 2.75) is 46.5 Å². The van der Waals surface area contributed by atoms with E-state index in [0.717, 1.165) is 59.6 Å². The van der Waals surface area contributed by atoms with Crippen molar-refractivity contribution in [3.8, 4) is 0 Å². The maximum Gasteiger partial charge on any atom is -1.00 e. The number of rotatable bonds is 5. The fraction of sp³-hybridized carbons (Fsp3) is 0.209. The Bertz CT molecular complexity index is 1920. The second-order valence-electron chi connectivity index (χ2n) is 13.0. The summed E-state index contributed by atoms with van der Waals surface area (Å²) in [5.41, 5.74) is 3.67. The summed E-state index contributed by atoms with van der Waals surface area (Å²) in [7, 11) is 0. The van der Waals surface area contributed by atoms with E-state index in [1.54, 1.807) is 0 Å². The van der Waals surface area contributed by atoms with Gasteiger partial charge in [0.25, 0.3) is 0 Å². The summed E-state index contributed by atoms with van der Waals surface area (Å²) < 4.78 is 75.6. The Balaban J connectivity index is 0.000000279. The molecule has 0 N–H and O–H groups in total. The molecule has 1 aliphatic rings. The first kappa shape index (κ1) is 44.8. The third-order valence-electron chi connectivity index (χ3n) is 8.37. The van der Waals surface area contributed by atoms with Gasteiger partial charge in [0.2, 0.25) is 0 Å². The van der Waals surface area contributed by atoms with Gasteiger partial charge in [-0.1, -0.05) is 95.0 Å². The molecule has 5 aromatic carbocycles. The normalized spacial score (nSPS) is 13.8. The molecule has 0 nitrogen and oxygen atoms in total. The molecule has 0 fully saturated rings. The summed E-state index contributed by atoms with van der Waals surface area (Å²) in [6.45, 7) is 16.6. The molecule has 0 aliphatic heterocycles. The summed E-state index contributed by atoms with van der Waals surface area (Å²) in [6.07, 6.45) is 3.95. The first-order chi connectivity index (χ1) is 23.4. The zero-order chi connectivity index (χ0) is 36.9. The number of hydrogen-bond donors (Lipinski definition) is 0. The van der Waals surface area contributed by atoms with Gasteiger partial charge in [0.15, 0.2) is 0 Å². The van der Waals surface area contributed by atoms with E-state index >= 15 is 0 Å². The van der Waals surface area contributed by atoms with Crippen LogP contribution in [0.4, 0.5) is 26.3 Å². The van der Waals surface area contributed by atoms with Gasteiger partial charge in [-0.15, -0.1) is 39.7 Å². The van der Waals surface area contributed by atoms with Crippen LogP contribution >= 0.6 is 0 Å². The molecule has 0 heterocycles. The summed E-state index contributed by atoms with van der Waals surface area (Å²) in [5.74, 6) is 0.573. The number of benzene rings is 4. The van der Waals surface area contributed by atoms with Crippen LogP contribution in [0.25, 0.3) is 33.7 Å². The van der Waals surface area contributed by atoms with Crippen molar-refractivity contribution in [2.24, 2.45) is 11.3 Å². The molecule has 272 valence electrons. The van der Waals surface area contributed by atoms with Crippen molar-refractivity contribution >= 4 is 36.9 Å². The minimum absolute atomic E-state index is 0. The van der Waals surface area contributed by atoms with Crippen LogP contribution in [-0.4, -0.2) is 3.21 Å². The molecule has 52 heavy (non-hydrogen) atoms. The SMILES string of the molecule is C=Cc1ccc2[cH-]c3ccc(C=C)cc3c2c1.CCC1[C-]=CC(C(C)(C)C)=C1.FC(F)(F)c1ccc([C](=[Zr+2])c2ccc(C(F)(F)F)cc2)cc1.[Cl-].[Cl-]. The zero-order valence-corrected chi connectivity index (χ0v) is 33.2. The van der Waals surface area contributed by atoms with Crippen LogP contribution in [0.15, 0.2) is 122 Å². The molecule has 0 aromatic heterocycles. The third kappa shape index (κ3) is 11.6. The van der Waals surface area contributed by atoms with Crippen LogP contribution in [0.2, 0.25) is 0 Å². The van der Waals surface area contributed by atoms with Crippen LogP contribution in [0.3, 0.4) is 0 Å². The maximum atomic E-state index is 12.5. The molecule has 1 aliphatic carbocycles. The van der Waals surface area contributed by atoms with Crippen molar-refractivity contribution in [3.63, 3.8) is 0 Å². The van der Waals surface area contributed by atoms with Crippen LogP contribution in [0.5, 0.6) is 0 Å². The Kier molecular flexibility index (Phi) is 16.0. The Morgan fingerprint density at radius 2 is 1.12 bits per heavy atom. The molecule has 0 saturated carbocycles. The van der Waals surface area contributed by atoms with Crippen molar-refractivity contribution < 1.29 is 75.4 Å². The first-order valence-electron chi connectivity index (χ1n) is 16.1. The van der Waals surface area contributed by atoms with Crippen molar-refractivity contribution in [1.82, 2.24) is 0 Å². The number of hydrogen-bond acceptors (Lipinski definition) is 0. The summed E-state index contributed by atoms with van der Waals surface area (Å²) in [4.78, 5) is 0. The van der Waals surface area contributed by atoms with Gasteiger partial charge in [-0.3, -0.25) is 6.08 Å². The van der Waals surface area contributed by atoms with Crippen LogP contribution < -0.4 is 24.8 Å². The Morgan fingerprint density at radius 1 is 0.712 bits per heavy atom. The molecular formula is C43H38Cl2F6Zr-2. The number of alkyl halides is 6. The van der Waals surface area contributed by atoms with Gasteiger partial charge in [-0.2, -0.15) is 11.6 Å². The molecule has 1 atom stereocenters. The molecule has 9 heteroatoms. The summed E-state index contributed by atoms with van der Waals surface area (Å²) >= 11 is 0.898. The average Bonchev–Trinajstić information content (AvgIpc) is 3.73. The van der Waals surface area contributed by atoms with Crippen molar-refractivity contribution in [2.75, 3.05) is 0 Å². The number of fused-ring (bicyclic) bond motifs is 3. The Morgan fingerprint density at radius 3 is 1.40 bits per heavy atom. The van der Waals surface area contributed by atoms with Crippen molar-refractivity contribution in [3.05, 3.63) is 161 Å². The van der Waals surface area contributed by atoms with E-state index in [1.165, 1.54) is 57.8 Å². The van der Waals surface area contributed by atoms with Crippen molar-refractivity contribution in [1.29, 1.82) is 0 Å². The fourth-order valence-electron chi connectivity index (χ4n) is 5.32. The minimum Gasteiger partial charge on any atom is -1.00 e. The molecule has 0 spiro atoms. The van der Waals surface area contributed by atoms with Crippen LogP contribution in [-0.2, 0) is 36.6 Å². The van der Waals surface area contributed by atoms with Gasteiger partial charge in [-0.05, 0) is 11.1 Å². The van der Waals surface area contributed by atoms with E-state index in [9.17, 15) is 26.3 Å². The van der Waals surface area contributed by atoms with Crippen LogP contribution in [0, 0.1) is 17.4 Å². The van der Waals surface area contributed by atoms with E-state index < -0.39 is 23.5 Å². The molecule has 6 rings (SSSR count). The van der Waals surface area contributed by atoms with E-state index in [4.69, 9.17) is 0 Å². The van der Waals surface area contributed by atoms with Gasteiger partial charge >= 0.3 is 137 Å². The Hall–Kier alpha value is -3.38. The maximum absolute atomic E-state index is 12.5. The van der Waals surface area contributed by atoms with Gasteiger partial charge < -0.3 is 24.8 Å². The molecule has 0 radical (unpaired) electrons. The molecule has 5 aromatic rings. The Labute approximate surface area is 329 Å².